The van der Waals surface area contributed by atoms with Gasteiger partial charge < -0.3 is 0 Å². The fourth-order valence-electron chi connectivity index (χ4n) is 2.95. The van der Waals surface area contributed by atoms with Crippen LogP contribution in [0.1, 0.15) is 29.5 Å². The number of aryl methyl sites for hydroxylation is 1. The van der Waals surface area contributed by atoms with Crippen LogP contribution in [0.4, 0.5) is 8.78 Å². The van der Waals surface area contributed by atoms with Crippen molar-refractivity contribution >= 4 is 0 Å². The zero-order valence-electron chi connectivity index (χ0n) is 10.7. The standard InChI is InChI=1S/C17H16F2/c18-16-12-6-8-13-7-4-5-11-15(13)17(16,19)14-9-2-1-3-10-14/h1-5,7,9-11,16H,6,8,12H2/t16-,17+/m1/s1. The van der Waals surface area contributed by atoms with Crippen molar-refractivity contribution in [1.82, 2.24) is 0 Å². The van der Waals surface area contributed by atoms with E-state index >= 15 is 4.39 Å². The maximum absolute atomic E-state index is 15.6. The Hall–Kier alpha value is -1.70. The van der Waals surface area contributed by atoms with Crippen LogP contribution in [0.2, 0.25) is 0 Å². The van der Waals surface area contributed by atoms with Crippen molar-refractivity contribution in [1.29, 1.82) is 0 Å². The molecule has 2 atom stereocenters. The van der Waals surface area contributed by atoms with Crippen LogP contribution < -0.4 is 0 Å². The average molecular weight is 258 g/mol. The van der Waals surface area contributed by atoms with E-state index in [1.165, 1.54) is 0 Å². The molecule has 3 rings (SSSR count). The molecule has 2 aromatic rings. The van der Waals surface area contributed by atoms with Crippen molar-refractivity contribution < 1.29 is 8.78 Å². The van der Waals surface area contributed by atoms with Crippen LogP contribution in [0.25, 0.3) is 0 Å². The minimum absolute atomic E-state index is 0.264. The van der Waals surface area contributed by atoms with Gasteiger partial charge in [-0.2, -0.15) is 0 Å². The van der Waals surface area contributed by atoms with E-state index in [2.05, 4.69) is 0 Å². The molecule has 0 aromatic heterocycles. The lowest BCUT2D eigenvalue weighted by atomic mass is 9.82. The van der Waals surface area contributed by atoms with Crippen LogP contribution in [0.15, 0.2) is 54.6 Å². The monoisotopic (exact) mass is 258 g/mol. The van der Waals surface area contributed by atoms with Gasteiger partial charge in [-0.1, -0.05) is 54.6 Å². The maximum Gasteiger partial charge on any atom is 0.192 e. The van der Waals surface area contributed by atoms with Gasteiger partial charge in [0.2, 0.25) is 0 Å². The molecule has 2 aromatic carbocycles. The summed E-state index contributed by atoms with van der Waals surface area (Å²) in [6.45, 7) is 0. The third kappa shape index (κ3) is 1.95. The van der Waals surface area contributed by atoms with Gasteiger partial charge in [-0.3, -0.25) is 0 Å². The molecular formula is C17H16F2. The zero-order valence-corrected chi connectivity index (χ0v) is 10.7. The normalized spacial score (nSPS) is 26.5. The summed E-state index contributed by atoms with van der Waals surface area (Å²) >= 11 is 0. The summed E-state index contributed by atoms with van der Waals surface area (Å²) in [7, 11) is 0. The zero-order chi connectivity index (χ0) is 13.3. The van der Waals surface area contributed by atoms with Gasteiger partial charge in [-0.15, -0.1) is 0 Å². The first-order valence-corrected chi connectivity index (χ1v) is 6.70. The van der Waals surface area contributed by atoms with Crippen molar-refractivity contribution in [2.24, 2.45) is 0 Å². The first-order chi connectivity index (χ1) is 9.23. The van der Waals surface area contributed by atoms with Crippen molar-refractivity contribution in [3.8, 4) is 0 Å². The molecule has 0 N–H and O–H groups in total. The van der Waals surface area contributed by atoms with E-state index in [4.69, 9.17) is 0 Å². The van der Waals surface area contributed by atoms with E-state index in [0.717, 1.165) is 12.0 Å². The molecule has 0 nitrogen and oxygen atoms in total. The van der Waals surface area contributed by atoms with Crippen molar-refractivity contribution in [2.45, 2.75) is 31.1 Å². The lowest BCUT2D eigenvalue weighted by Gasteiger charge is -2.29. The minimum Gasteiger partial charge on any atom is -0.243 e. The molecule has 98 valence electrons. The summed E-state index contributed by atoms with van der Waals surface area (Å²) in [5, 5.41) is 0. The van der Waals surface area contributed by atoms with Gasteiger partial charge >= 0.3 is 0 Å². The second kappa shape index (κ2) is 4.76. The molecule has 0 aliphatic heterocycles. The van der Waals surface area contributed by atoms with Gasteiger partial charge in [0.1, 0.15) is 6.17 Å². The Morgan fingerprint density at radius 1 is 0.947 bits per heavy atom. The largest absolute Gasteiger partial charge is 0.243 e. The molecule has 0 radical (unpaired) electrons. The highest BCUT2D eigenvalue weighted by Crippen LogP contribution is 2.44. The SMILES string of the molecule is F[C@@H]1CCCc2ccccc2[C@@]1(F)c1ccccc1. The predicted octanol–water partition coefficient (Wildman–Crippen LogP) is 4.57. The molecule has 0 bridgehead atoms. The van der Waals surface area contributed by atoms with E-state index in [9.17, 15) is 4.39 Å². The third-order valence-corrected chi connectivity index (χ3v) is 3.94. The Bertz CT molecular complexity index is 564. The Morgan fingerprint density at radius 3 is 2.42 bits per heavy atom. The van der Waals surface area contributed by atoms with E-state index < -0.39 is 11.8 Å². The van der Waals surface area contributed by atoms with Gasteiger partial charge in [0.05, 0.1) is 0 Å². The van der Waals surface area contributed by atoms with Crippen molar-refractivity contribution in [3.05, 3.63) is 71.3 Å². The Kier molecular flexibility index (Phi) is 3.09. The molecule has 0 heterocycles. The van der Waals surface area contributed by atoms with Gasteiger partial charge in [-0.05, 0) is 36.0 Å². The Balaban J connectivity index is 2.22. The Morgan fingerprint density at radius 2 is 1.63 bits per heavy atom. The van der Waals surface area contributed by atoms with Crippen LogP contribution in [0, 0.1) is 0 Å². The van der Waals surface area contributed by atoms with Gasteiger partial charge in [0, 0.05) is 0 Å². The molecule has 0 unspecified atom stereocenters. The fraction of sp³-hybridized carbons (Fsp3) is 0.294. The maximum atomic E-state index is 15.6. The summed E-state index contributed by atoms with van der Waals surface area (Å²) in [5.74, 6) is 0. The number of rotatable bonds is 1. The minimum atomic E-state index is -2.02. The molecular weight excluding hydrogens is 242 g/mol. The summed E-state index contributed by atoms with van der Waals surface area (Å²) in [5.41, 5.74) is -0.189. The highest BCUT2D eigenvalue weighted by molar-refractivity contribution is 5.43. The molecule has 0 spiro atoms. The van der Waals surface area contributed by atoms with Crippen LogP contribution in [-0.4, -0.2) is 6.17 Å². The van der Waals surface area contributed by atoms with Crippen LogP contribution >= 0.6 is 0 Å². The van der Waals surface area contributed by atoms with Crippen molar-refractivity contribution in [3.63, 3.8) is 0 Å². The molecule has 0 fully saturated rings. The summed E-state index contributed by atoms with van der Waals surface area (Å²) < 4.78 is 30.1. The van der Waals surface area contributed by atoms with Gasteiger partial charge in [-0.25, -0.2) is 8.78 Å². The second-order valence-electron chi connectivity index (χ2n) is 5.09. The average Bonchev–Trinajstić information content (AvgIpc) is 2.59. The lowest BCUT2D eigenvalue weighted by Crippen LogP contribution is -2.33. The molecule has 1 aliphatic rings. The van der Waals surface area contributed by atoms with E-state index in [0.29, 0.717) is 17.5 Å². The van der Waals surface area contributed by atoms with E-state index in [1.54, 1.807) is 36.4 Å². The molecule has 0 amide bonds. The van der Waals surface area contributed by atoms with Crippen LogP contribution in [0.3, 0.4) is 0 Å². The molecule has 0 saturated carbocycles. The molecule has 19 heavy (non-hydrogen) atoms. The lowest BCUT2D eigenvalue weighted by molar-refractivity contribution is 0.0819. The van der Waals surface area contributed by atoms with E-state index in [-0.39, 0.29) is 6.42 Å². The van der Waals surface area contributed by atoms with Crippen molar-refractivity contribution in [2.75, 3.05) is 0 Å². The number of hydrogen-bond donors (Lipinski definition) is 0. The first kappa shape index (κ1) is 12.3. The first-order valence-electron chi connectivity index (χ1n) is 6.70. The summed E-state index contributed by atoms with van der Waals surface area (Å²) in [6.07, 6.45) is 0.213. The number of halogens is 2. The number of fused-ring (bicyclic) bond motifs is 1. The summed E-state index contributed by atoms with van der Waals surface area (Å²) in [4.78, 5) is 0. The molecule has 0 saturated heterocycles. The fourth-order valence-corrected chi connectivity index (χ4v) is 2.95. The summed E-state index contributed by atoms with van der Waals surface area (Å²) in [6, 6.07) is 16.0. The number of hydrogen-bond acceptors (Lipinski definition) is 0. The molecule has 2 heteroatoms. The number of benzene rings is 2. The third-order valence-electron chi connectivity index (χ3n) is 3.94. The number of alkyl halides is 2. The highest BCUT2D eigenvalue weighted by atomic mass is 19.2. The van der Waals surface area contributed by atoms with E-state index in [1.807, 2.05) is 18.2 Å². The highest BCUT2D eigenvalue weighted by Gasteiger charge is 2.45. The quantitative estimate of drug-likeness (QED) is 0.657. The van der Waals surface area contributed by atoms with Gasteiger partial charge in [0.25, 0.3) is 0 Å². The predicted molar refractivity (Wildman–Crippen MR) is 72.6 cm³/mol. The second-order valence-corrected chi connectivity index (χ2v) is 5.09. The van der Waals surface area contributed by atoms with Crippen LogP contribution in [-0.2, 0) is 12.1 Å². The molecule has 1 aliphatic carbocycles. The Labute approximate surface area is 112 Å². The van der Waals surface area contributed by atoms with Crippen LogP contribution in [0.5, 0.6) is 0 Å². The smallest absolute Gasteiger partial charge is 0.192 e. The topological polar surface area (TPSA) is 0 Å². The van der Waals surface area contributed by atoms with Gasteiger partial charge in [0.15, 0.2) is 5.67 Å².